The zero-order valence-corrected chi connectivity index (χ0v) is 13.9. The second-order valence-electron chi connectivity index (χ2n) is 3.80. The molecule has 0 saturated carbocycles. The minimum Gasteiger partial charge on any atom is -0.425 e. The standard InChI is InChI=1S/C15H17IO2S/c1-2-3-4-5-8-11-19-14-10-7-6-9-13(14)18-15(17)12-16/h6-7,9-10H,2-4,11-12H2,1H3. The zero-order valence-electron chi connectivity index (χ0n) is 10.9. The summed E-state index contributed by atoms with van der Waals surface area (Å²) in [7, 11) is 0. The van der Waals surface area contributed by atoms with Gasteiger partial charge in [0.1, 0.15) is 5.75 Å². The maximum atomic E-state index is 11.3. The number of thioether (sulfide) groups is 1. The fourth-order valence-corrected chi connectivity index (χ4v) is 2.23. The summed E-state index contributed by atoms with van der Waals surface area (Å²) >= 11 is 3.60. The van der Waals surface area contributed by atoms with Crippen LogP contribution in [-0.4, -0.2) is 16.1 Å². The molecule has 4 heteroatoms. The van der Waals surface area contributed by atoms with E-state index in [2.05, 4.69) is 18.8 Å². The Hall–Kier alpha value is -0.670. The van der Waals surface area contributed by atoms with Crippen LogP contribution in [0.3, 0.4) is 0 Å². The van der Waals surface area contributed by atoms with Gasteiger partial charge in [0.25, 0.3) is 0 Å². The van der Waals surface area contributed by atoms with Crippen molar-refractivity contribution in [2.75, 3.05) is 10.2 Å². The molecular formula is C15H17IO2S. The highest BCUT2D eigenvalue weighted by Gasteiger charge is 2.07. The molecule has 19 heavy (non-hydrogen) atoms. The summed E-state index contributed by atoms with van der Waals surface area (Å²) in [6.45, 7) is 2.16. The fourth-order valence-electron chi connectivity index (χ4n) is 1.32. The largest absolute Gasteiger partial charge is 0.425 e. The molecular weight excluding hydrogens is 371 g/mol. The predicted molar refractivity (Wildman–Crippen MR) is 89.0 cm³/mol. The predicted octanol–water partition coefficient (Wildman–Crippen LogP) is 4.31. The number of unbranched alkanes of at least 4 members (excludes halogenated alkanes) is 2. The van der Waals surface area contributed by atoms with E-state index in [-0.39, 0.29) is 5.97 Å². The van der Waals surface area contributed by atoms with E-state index in [1.807, 2.05) is 46.9 Å². The van der Waals surface area contributed by atoms with Gasteiger partial charge < -0.3 is 4.74 Å². The Kier molecular flexibility index (Phi) is 8.76. The molecule has 0 heterocycles. The van der Waals surface area contributed by atoms with Crippen LogP contribution in [0.2, 0.25) is 0 Å². The number of alkyl halides is 1. The van der Waals surface area contributed by atoms with Gasteiger partial charge in [-0.05, 0) is 18.6 Å². The van der Waals surface area contributed by atoms with Crippen LogP contribution in [-0.2, 0) is 4.79 Å². The number of halogens is 1. The van der Waals surface area contributed by atoms with Crippen LogP contribution < -0.4 is 4.74 Å². The van der Waals surface area contributed by atoms with E-state index in [9.17, 15) is 4.79 Å². The first-order valence-electron chi connectivity index (χ1n) is 6.22. The van der Waals surface area contributed by atoms with Crippen LogP contribution in [0, 0.1) is 11.8 Å². The SMILES string of the molecule is CCCCC#CCSc1ccccc1OC(=O)CI. The van der Waals surface area contributed by atoms with Gasteiger partial charge in [-0.15, -0.1) is 17.7 Å². The topological polar surface area (TPSA) is 26.3 Å². The Morgan fingerprint density at radius 3 is 2.89 bits per heavy atom. The molecule has 1 rings (SSSR count). The molecule has 0 aliphatic rings. The summed E-state index contributed by atoms with van der Waals surface area (Å²) in [4.78, 5) is 12.3. The molecule has 0 bridgehead atoms. The summed E-state index contributed by atoms with van der Waals surface area (Å²) in [6, 6.07) is 7.58. The number of rotatable bonds is 6. The Balaban J connectivity index is 2.52. The number of esters is 1. The summed E-state index contributed by atoms with van der Waals surface area (Å²) in [5, 5.41) is 0. The second kappa shape index (κ2) is 10.2. The molecule has 0 spiro atoms. The molecule has 0 radical (unpaired) electrons. The van der Waals surface area contributed by atoms with Crippen molar-refractivity contribution in [1.29, 1.82) is 0 Å². The van der Waals surface area contributed by atoms with Gasteiger partial charge in [0.15, 0.2) is 0 Å². The highest BCUT2D eigenvalue weighted by Crippen LogP contribution is 2.28. The minimum absolute atomic E-state index is 0.220. The molecule has 0 aliphatic heterocycles. The third-order valence-corrected chi connectivity index (χ3v) is 3.82. The molecule has 0 aromatic heterocycles. The normalized spacial score (nSPS) is 9.58. The fraction of sp³-hybridized carbons (Fsp3) is 0.400. The molecule has 1 aromatic carbocycles. The summed E-state index contributed by atoms with van der Waals surface area (Å²) in [6.07, 6.45) is 3.29. The van der Waals surface area contributed by atoms with E-state index in [1.165, 1.54) is 6.42 Å². The molecule has 1 aromatic rings. The van der Waals surface area contributed by atoms with Crippen LogP contribution in [0.25, 0.3) is 0 Å². The number of carbonyl (C=O) groups is 1. The number of ether oxygens (including phenoxy) is 1. The van der Waals surface area contributed by atoms with Gasteiger partial charge in [-0.25, -0.2) is 0 Å². The van der Waals surface area contributed by atoms with Gasteiger partial charge in [0, 0.05) is 6.42 Å². The van der Waals surface area contributed by atoms with E-state index in [0.717, 1.165) is 23.5 Å². The van der Waals surface area contributed by atoms with Crippen LogP contribution in [0.5, 0.6) is 5.75 Å². The maximum absolute atomic E-state index is 11.3. The molecule has 0 atom stereocenters. The van der Waals surface area contributed by atoms with Gasteiger partial charge in [-0.2, -0.15) is 0 Å². The van der Waals surface area contributed by atoms with Gasteiger partial charge in [0.2, 0.25) is 0 Å². The van der Waals surface area contributed by atoms with Gasteiger partial charge >= 0.3 is 5.97 Å². The lowest BCUT2D eigenvalue weighted by Crippen LogP contribution is -2.09. The average molecular weight is 388 g/mol. The van der Waals surface area contributed by atoms with Crippen molar-refractivity contribution < 1.29 is 9.53 Å². The van der Waals surface area contributed by atoms with Crippen molar-refractivity contribution in [3.63, 3.8) is 0 Å². The molecule has 0 N–H and O–H groups in total. The monoisotopic (exact) mass is 388 g/mol. The van der Waals surface area contributed by atoms with E-state index in [4.69, 9.17) is 4.74 Å². The molecule has 102 valence electrons. The van der Waals surface area contributed by atoms with Crippen molar-refractivity contribution in [1.82, 2.24) is 0 Å². The molecule has 0 unspecified atom stereocenters. The first-order valence-corrected chi connectivity index (χ1v) is 8.73. The summed E-state index contributed by atoms with van der Waals surface area (Å²) in [5.74, 6) is 7.42. The lowest BCUT2D eigenvalue weighted by atomic mass is 10.3. The Morgan fingerprint density at radius 1 is 1.37 bits per heavy atom. The molecule has 0 aliphatic carbocycles. The van der Waals surface area contributed by atoms with Crippen LogP contribution in [0.4, 0.5) is 0 Å². The molecule has 0 saturated heterocycles. The van der Waals surface area contributed by atoms with Gasteiger partial charge in [-0.3, -0.25) is 4.79 Å². The average Bonchev–Trinajstić information content (AvgIpc) is 2.44. The molecule has 2 nitrogen and oxygen atoms in total. The van der Waals surface area contributed by atoms with E-state index in [0.29, 0.717) is 10.2 Å². The third kappa shape index (κ3) is 6.88. The number of hydrogen-bond acceptors (Lipinski definition) is 3. The lowest BCUT2D eigenvalue weighted by molar-refractivity contribution is -0.131. The van der Waals surface area contributed by atoms with Crippen LogP contribution >= 0.6 is 34.4 Å². The first kappa shape index (κ1) is 16.4. The van der Waals surface area contributed by atoms with E-state index in [1.54, 1.807) is 11.8 Å². The van der Waals surface area contributed by atoms with E-state index < -0.39 is 0 Å². The van der Waals surface area contributed by atoms with Crippen molar-refractivity contribution in [3.05, 3.63) is 24.3 Å². The minimum atomic E-state index is -0.220. The van der Waals surface area contributed by atoms with Crippen molar-refractivity contribution >= 4 is 40.3 Å². The second-order valence-corrected chi connectivity index (χ2v) is 5.58. The van der Waals surface area contributed by atoms with Crippen molar-refractivity contribution in [3.8, 4) is 17.6 Å². The first-order chi connectivity index (χ1) is 9.27. The smallest absolute Gasteiger partial charge is 0.321 e. The maximum Gasteiger partial charge on any atom is 0.321 e. The number of hydrogen-bond donors (Lipinski definition) is 0. The zero-order chi connectivity index (χ0) is 13.9. The summed E-state index contributed by atoms with van der Waals surface area (Å²) < 4.78 is 5.63. The molecule has 0 fully saturated rings. The van der Waals surface area contributed by atoms with Crippen LogP contribution in [0.1, 0.15) is 26.2 Å². The van der Waals surface area contributed by atoms with Gasteiger partial charge in [0.05, 0.1) is 15.1 Å². The Morgan fingerprint density at radius 2 is 2.16 bits per heavy atom. The van der Waals surface area contributed by atoms with Gasteiger partial charge in [-0.1, -0.05) is 54.0 Å². The summed E-state index contributed by atoms with van der Waals surface area (Å²) in [5.41, 5.74) is 0. The third-order valence-electron chi connectivity index (χ3n) is 2.26. The number of carbonyl (C=O) groups excluding carboxylic acids is 1. The highest BCUT2D eigenvalue weighted by molar-refractivity contribution is 14.1. The van der Waals surface area contributed by atoms with Crippen molar-refractivity contribution in [2.24, 2.45) is 0 Å². The van der Waals surface area contributed by atoms with E-state index >= 15 is 0 Å². The Labute approximate surface area is 132 Å². The van der Waals surface area contributed by atoms with Crippen molar-refractivity contribution in [2.45, 2.75) is 31.1 Å². The number of benzene rings is 1. The quantitative estimate of drug-likeness (QED) is 0.138. The molecule has 0 amide bonds. The Bertz CT molecular complexity index is 463. The number of para-hydroxylation sites is 1. The highest BCUT2D eigenvalue weighted by atomic mass is 127. The lowest BCUT2D eigenvalue weighted by Gasteiger charge is -2.07. The van der Waals surface area contributed by atoms with Crippen LogP contribution in [0.15, 0.2) is 29.2 Å².